The van der Waals surface area contributed by atoms with Crippen molar-refractivity contribution in [2.24, 2.45) is 0 Å². The third kappa shape index (κ3) is 7.16. The first-order chi connectivity index (χ1) is 12.3. The number of hydrogen-bond acceptors (Lipinski definition) is 3. The number of carbonyl (C=O) groups excluding carboxylic acids is 1. The molecule has 0 aliphatic carbocycles. The minimum Gasteiger partial charge on any atom is -0.294 e. The van der Waals surface area contributed by atoms with Gasteiger partial charge >= 0.3 is 0 Å². The Labute approximate surface area is 151 Å². The van der Waals surface area contributed by atoms with E-state index in [-0.39, 0.29) is 5.78 Å². The number of aromatic nitrogens is 2. The van der Waals surface area contributed by atoms with Crippen LogP contribution in [0.2, 0.25) is 0 Å². The van der Waals surface area contributed by atoms with Crippen molar-refractivity contribution >= 4 is 5.78 Å². The molecule has 0 aliphatic rings. The van der Waals surface area contributed by atoms with Crippen LogP contribution in [0.3, 0.4) is 0 Å². The molecule has 0 aliphatic heterocycles. The van der Waals surface area contributed by atoms with Gasteiger partial charge < -0.3 is 0 Å². The van der Waals surface area contributed by atoms with E-state index in [2.05, 4.69) is 16.9 Å². The van der Waals surface area contributed by atoms with Crippen LogP contribution in [-0.4, -0.2) is 15.8 Å². The van der Waals surface area contributed by atoms with E-state index in [0.29, 0.717) is 12.0 Å². The first kappa shape index (κ1) is 19.3. The molecule has 0 atom stereocenters. The van der Waals surface area contributed by atoms with Gasteiger partial charge in [0.05, 0.1) is 11.4 Å². The van der Waals surface area contributed by atoms with Crippen LogP contribution >= 0.6 is 0 Å². The average Bonchev–Trinajstić information content (AvgIpc) is 2.67. The van der Waals surface area contributed by atoms with Crippen LogP contribution in [0.25, 0.3) is 11.4 Å². The number of unbranched alkanes of at least 4 members (excludes halogenated alkanes) is 8. The van der Waals surface area contributed by atoms with Crippen LogP contribution < -0.4 is 0 Å². The Morgan fingerprint density at radius 2 is 1.48 bits per heavy atom. The zero-order valence-electron chi connectivity index (χ0n) is 15.4. The van der Waals surface area contributed by atoms with E-state index >= 15 is 0 Å². The normalized spacial score (nSPS) is 10.8. The monoisotopic (exact) mass is 338 g/mol. The summed E-state index contributed by atoms with van der Waals surface area (Å²) in [7, 11) is 0. The topological polar surface area (TPSA) is 42.9 Å². The number of pyridine rings is 2. The summed E-state index contributed by atoms with van der Waals surface area (Å²) in [4.78, 5) is 20.9. The zero-order valence-corrected chi connectivity index (χ0v) is 15.4. The Kier molecular flexibility index (Phi) is 8.89. The van der Waals surface area contributed by atoms with Gasteiger partial charge in [-0.05, 0) is 30.7 Å². The number of carbonyl (C=O) groups is 1. The highest BCUT2D eigenvalue weighted by atomic mass is 16.1. The van der Waals surface area contributed by atoms with Gasteiger partial charge in [0, 0.05) is 24.4 Å². The predicted octanol–water partition coefficient (Wildman–Crippen LogP) is 6.25. The van der Waals surface area contributed by atoms with E-state index in [0.717, 1.165) is 24.2 Å². The van der Waals surface area contributed by atoms with Gasteiger partial charge in [0.15, 0.2) is 5.78 Å². The molecule has 3 nitrogen and oxygen atoms in total. The molecule has 3 heteroatoms. The van der Waals surface area contributed by atoms with E-state index in [4.69, 9.17) is 0 Å². The number of hydrogen-bond donors (Lipinski definition) is 0. The van der Waals surface area contributed by atoms with Gasteiger partial charge in [-0.2, -0.15) is 0 Å². The Morgan fingerprint density at radius 3 is 2.08 bits per heavy atom. The lowest BCUT2D eigenvalue weighted by Crippen LogP contribution is -2.00. The summed E-state index contributed by atoms with van der Waals surface area (Å²) >= 11 is 0. The maximum Gasteiger partial charge on any atom is 0.164 e. The minimum absolute atomic E-state index is 0.197. The molecule has 0 bridgehead atoms. The fourth-order valence-corrected chi connectivity index (χ4v) is 2.97. The second-order valence-electron chi connectivity index (χ2n) is 6.65. The molecule has 0 amide bonds. The summed E-state index contributed by atoms with van der Waals surface area (Å²) in [5.74, 6) is 0.197. The molecular formula is C22H30N2O. The second kappa shape index (κ2) is 11.5. The summed E-state index contributed by atoms with van der Waals surface area (Å²) in [5, 5.41) is 0. The molecule has 2 heterocycles. The van der Waals surface area contributed by atoms with E-state index in [1.54, 1.807) is 12.4 Å². The molecule has 2 aromatic rings. The summed E-state index contributed by atoms with van der Waals surface area (Å²) in [5.41, 5.74) is 2.35. The van der Waals surface area contributed by atoms with Crippen LogP contribution in [0.4, 0.5) is 0 Å². The maximum absolute atomic E-state index is 12.2. The van der Waals surface area contributed by atoms with Crippen molar-refractivity contribution in [1.82, 2.24) is 9.97 Å². The van der Waals surface area contributed by atoms with Crippen molar-refractivity contribution in [2.75, 3.05) is 0 Å². The van der Waals surface area contributed by atoms with Crippen LogP contribution in [0, 0.1) is 0 Å². The third-order valence-electron chi connectivity index (χ3n) is 4.52. The Bertz CT molecular complexity index is 608. The van der Waals surface area contributed by atoms with Gasteiger partial charge in [0.1, 0.15) is 0 Å². The highest BCUT2D eigenvalue weighted by Crippen LogP contribution is 2.16. The molecule has 0 saturated heterocycles. The standard InChI is InChI=1S/C22H30N2O/c1-2-3-4-5-6-7-8-9-10-14-22(25)19-15-16-21(24-18-19)20-13-11-12-17-23-20/h11-13,15-18H,2-10,14H2,1H3. The van der Waals surface area contributed by atoms with Crippen molar-refractivity contribution in [3.05, 3.63) is 48.3 Å². The fourth-order valence-electron chi connectivity index (χ4n) is 2.97. The molecule has 0 fully saturated rings. The zero-order chi connectivity index (χ0) is 17.7. The Balaban J connectivity index is 1.64. The van der Waals surface area contributed by atoms with Crippen molar-refractivity contribution in [3.63, 3.8) is 0 Å². The molecule has 0 spiro atoms. The van der Waals surface area contributed by atoms with E-state index in [9.17, 15) is 4.79 Å². The van der Waals surface area contributed by atoms with Crippen molar-refractivity contribution in [3.8, 4) is 11.4 Å². The van der Waals surface area contributed by atoms with Crippen LogP contribution in [0.15, 0.2) is 42.7 Å². The number of rotatable bonds is 12. The van der Waals surface area contributed by atoms with Gasteiger partial charge in [0.2, 0.25) is 0 Å². The van der Waals surface area contributed by atoms with E-state index in [1.807, 2.05) is 30.3 Å². The first-order valence-electron chi connectivity index (χ1n) is 9.72. The molecular weight excluding hydrogens is 308 g/mol. The Morgan fingerprint density at radius 1 is 0.800 bits per heavy atom. The molecule has 0 saturated carbocycles. The van der Waals surface area contributed by atoms with Crippen molar-refractivity contribution in [1.29, 1.82) is 0 Å². The van der Waals surface area contributed by atoms with Gasteiger partial charge in [-0.15, -0.1) is 0 Å². The second-order valence-corrected chi connectivity index (χ2v) is 6.65. The SMILES string of the molecule is CCCCCCCCCCCC(=O)c1ccc(-c2ccccn2)nc1. The summed E-state index contributed by atoms with van der Waals surface area (Å²) in [6, 6.07) is 9.49. The van der Waals surface area contributed by atoms with Gasteiger partial charge in [-0.25, -0.2) is 0 Å². The maximum atomic E-state index is 12.2. The quantitative estimate of drug-likeness (QED) is 0.339. The molecule has 2 aromatic heterocycles. The molecule has 25 heavy (non-hydrogen) atoms. The largest absolute Gasteiger partial charge is 0.294 e. The van der Waals surface area contributed by atoms with E-state index < -0.39 is 0 Å². The summed E-state index contributed by atoms with van der Waals surface area (Å²) < 4.78 is 0. The number of nitrogens with zero attached hydrogens (tertiary/aromatic N) is 2. The molecule has 134 valence electrons. The molecule has 0 unspecified atom stereocenters. The lowest BCUT2D eigenvalue weighted by molar-refractivity contribution is 0.0979. The van der Waals surface area contributed by atoms with Crippen LogP contribution in [0.1, 0.15) is 81.5 Å². The lowest BCUT2D eigenvalue weighted by Gasteiger charge is -2.04. The number of Topliss-reactive ketones (excluding diaryl/α,β-unsaturated/α-hetero) is 1. The van der Waals surface area contributed by atoms with Gasteiger partial charge in [0.25, 0.3) is 0 Å². The number of ketones is 1. The average molecular weight is 338 g/mol. The minimum atomic E-state index is 0.197. The van der Waals surface area contributed by atoms with Crippen LogP contribution in [-0.2, 0) is 0 Å². The fraction of sp³-hybridized carbons (Fsp3) is 0.500. The lowest BCUT2D eigenvalue weighted by atomic mass is 10.0. The summed E-state index contributed by atoms with van der Waals surface area (Å²) in [6.45, 7) is 2.25. The summed E-state index contributed by atoms with van der Waals surface area (Å²) in [6.07, 6.45) is 15.5. The highest BCUT2D eigenvalue weighted by Gasteiger charge is 2.07. The highest BCUT2D eigenvalue weighted by molar-refractivity contribution is 5.95. The third-order valence-corrected chi connectivity index (χ3v) is 4.52. The molecule has 2 rings (SSSR count). The smallest absolute Gasteiger partial charge is 0.164 e. The molecule has 0 radical (unpaired) electrons. The van der Waals surface area contributed by atoms with E-state index in [1.165, 1.54) is 44.9 Å². The van der Waals surface area contributed by atoms with Gasteiger partial charge in [-0.1, -0.05) is 64.4 Å². The molecule has 0 aromatic carbocycles. The molecule has 0 N–H and O–H groups in total. The van der Waals surface area contributed by atoms with Crippen molar-refractivity contribution < 1.29 is 4.79 Å². The van der Waals surface area contributed by atoms with Crippen molar-refractivity contribution in [2.45, 2.75) is 71.1 Å². The predicted molar refractivity (Wildman–Crippen MR) is 104 cm³/mol. The Hall–Kier alpha value is -2.03. The van der Waals surface area contributed by atoms with Gasteiger partial charge in [-0.3, -0.25) is 14.8 Å². The first-order valence-corrected chi connectivity index (χ1v) is 9.72. The van der Waals surface area contributed by atoms with Crippen LogP contribution in [0.5, 0.6) is 0 Å².